The number of ether oxygens (including phenoxy) is 1. The largest absolute Gasteiger partial charge is 0.573 e. The van der Waals surface area contributed by atoms with Gasteiger partial charge in [0.1, 0.15) is 5.75 Å². The van der Waals surface area contributed by atoms with Gasteiger partial charge in [-0.05, 0) is 36.8 Å². The van der Waals surface area contributed by atoms with E-state index in [9.17, 15) is 18.0 Å². The number of aromatic nitrogens is 5. The maximum atomic E-state index is 12.5. The Kier molecular flexibility index (Phi) is 6.87. The molecule has 0 aliphatic rings. The zero-order chi connectivity index (χ0) is 21.6. The summed E-state index contributed by atoms with van der Waals surface area (Å²) in [5.41, 5.74) is 1.02. The van der Waals surface area contributed by atoms with Gasteiger partial charge in [0.2, 0.25) is 0 Å². The van der Waals surface area contributed by atoms with Crippen LogP contribution in [0.25, 0.3) is 5.69 Å². The van der Waals surface area contributed by atoms with Crippen molar-refractivity contribution in [2.75, 3.05) is 6.54 Å². The van der Waals surface area contributed by atoms with Gasteiger partial charge in [-0.15, -0.1) is 18.3 Å². The van der Waals surface area contributed by atoms with E-state index in [2.05, 4.69) is 30.3 Å². The lowest BCUT2D eigenvalue weighted by Crippen LogP contribution is -2.25. The lowest BCUT2D eigenvalue weighted by atomic mass is 10.2. The molecular weight excluding hydrogens is 421 g/mol. The zero-order valence-corrected chi connectivity index (χ0v) is 16.6. The van der Waals surface area contributed by atoms with Crippen molar-refractivity contribution in [1.29, 1.82) is 0 Å². The number of hydrogen-bond acceptors (Lipinski definition) is 7. The summed E-state index contributed by atoms with van der Waals surface area (Å²) in [5.74, 6) is -0.474. The van der Waals surface area contributed by atoms with E-state index in [4.69, 9.17) is 0 Å². The number of benzene rings is 1. The number of nitrogens with zero attached hydrogens (tertiary/aromatic N) is 5. The molecule has 158 valence electrons. The van der Waals surface area contributed by atoms with Gasteiger partial charge in [-0.1, -0.05) is 23.9 Å². The van der Waals surface area contributed by atoms with Crippen LogP contribution in [-0.4, -0.2) is 43.8 Å². The Morgan fingerprint density at radius 2 is 1.90 bits per heavy atom. The fourth-order valence-electron chi connectivity index (χ4n) is 2.42. The number of thioether (sulfide) groups is 1. The Bertz CT molecular complexity index is 980. The standard InChI is InChI=1S/C18H17F3N6O2S/c1-2-8-22-16(28)15-14(11-30-17-23-9-3-10-24-17)27(26-25-15)12-4-6-13(7-5-12)29-18(19,20)21/h3-7,9-10H,2,8,11H2,1H3,(H,22,28). The maximum Gasteiger partial charge on any atom is 0.573 e. The minimum Gasteiger partial charge on any atom is -0.406 e. The quantitative estimate of drug-likeness (QED) is 0.426. The molecule has 1 aromatic carbocycles. The molecule has 0 aliphatic heterocycles. The summed E-state index contributed by atoms with van der Waals surface area (Å²) in [6, 6.07) is 6.81. The van der Waals surface area contributed by atoms with Gasteiger partial charge < -0.3 is 10.1 Å². The predicted octanol–water partition coefficient (Wildman–Crippen LogP) is 3.39. The van der Waals surface area contributed by atoms with E-state index < -0.39 is 6.36 Å². The van der Waals surface area contributed by atoms with Crippen LogP contribution in [0.4, 0.5) is 13.2 Å². The fraction of sp³-hybridized carbons (Fsp3) is 0.278. The Hall–Kier alpha value is -3.15. The van der Waals surface area contributed by atoms with Crippen LogP contribution >= 0.6 is 11.8 Å². The van der Waals surface area contributed by atoms with Gasteiger partial charge in [-0.3, -0.25) is 4.79 Å². The van der Waals surface area contributed by atoms with Crippen LogP contribution in [0, 0.1) is 0 Å². The molecule has 0 fully saturated rings. The Morgan fingerprint density at radius 3 is 2.53 bits per heavy atom. The summed E-state index contributed by atoms with van der Waals surface area (Å²) in [5, 5.41) is 11.2. The molecule has 8 nitrogen and oxygen atoms in total. The third-order valence-electron chi connectivity index (χ3n) is 3.71. The summed E-state index contributed by atoms with van der Waals surface area (Å²) < 4.78 is 42.4. The number of carbonyl (C=O) groups is 1. The van der Waals surface area contributed by atoms with Crippen LogP contribution in [0.3, 0.4) is 0 Å². The fourth-order valence-corrected chi connectivity index (χ4v) is 3.21. The van der Waals surface area contributed by atoms with Crippen molar-refractivity contribution in [3.63, 3.8) is 0 Å². The number of rotatable bonds is 8. The molecule has 3 rings (SSSR count). The smallest absolute Gasteiger partial charge is 0.406 e. The maximum absolute atomic E-state index is 12.5. The van der Waals surface area contributed by atoms with Crippen LogP contribution in [0.15, 0.2) is 47.9 Å². The molecule has 1 amide bonds. The Balaban J connectivity index is 1.89. The monoisotopic (exact) mass is 438 g/mol. The minimum absolute atomic E-state index is 0.127. The SMILES string of the molecule is CCCNC(=O)c1nnn(-c2ccc(OC(F)(F)F)cc2)c1CSc1ncccn1. The highest BCUT2D eigenvalue weighted by molar-refractivity contribution is 7.98. The first-order chi connectivity index (χ1) is 14.4. The topological polar surface area (TPSA) is 94.8 Å². The molecule has 1 N–H and O–H groups in total. The van der Waals surface area contributed by atoms with Crippen LogP contribution in [0.5, 0.6) is 5.75 Å². The van der Waals surface area contributed by atoms with Gasteiger partial charge in [0, 0.05) is 24.7 Å². The molecule has 0 saturated carbocycles. The molecule has 30 heavy (non-hydrogen) atoms. The second kappa shape index (κ2) is 9.57. The average molecular weight is 438 g/mol. The van der Waals surface area contributed by atoms with Gasteiger partial charge in [-0.2, -0.15) is 0 Å². The zero-order valence-electron chi connectivity index (χ0n) is 15.8. The van der Waals surface area contributed by atoms with Crippen molar-refractivity contribution in [3.05, 3.63) is 54.1 Å². The Morgan fingerprint density at radius 1 is 1.20 bits per heavy atom. The van der Waals surface area contributed by atoms with E-state index in [0.717, 1.165) is 6.42 Å². The molecule has 3 aromatic rings. The van der Waals surface area contributed by atoms with Crippen molar-refractivity contribution in [1.82, 2.24) is 30.3 Å². The van der Waals surface area contributed by atoms with Gasteiger partial charge >= 0.3 is 6.36 Å². The summed E-state index contributed by atoms with van der Waals surface area (Å²) in [7, 11) is 0. The first-order valence-electron chi connectivity index (χ1n) is 8.86. The summed E-state index contributed by atoms with van der Waals surface area (Å²) in [4.78, 5) is 20.7. The molecule has 0 spiro atoms. The van der Waals surface area contributed by atoms with Gasteiger partial charge in [0.25, 0.3) is 5.91 Å². The summed E-state index contributed by atoms with van der Waals surface area (Å²) >= 11 is 1.28. The molecular formula is C18H17F3N6O2S. The first kappa shape index (κ1) is 21.6. The van der Waals surface area contributed by atoms with Crippen LogP contribution < -0.4 is 10.1 Å². The van der Waals surface area contributed by atoms with E-state index in [1.807, 2.05) is 6.92 Å². The van der Waals surface area contributed by atoms with E-state index in [-0.39, 0.29) is 23.1 Å². The van der Waals surface area contributed by atoms with Gasteiger partial charge in [-0.25, -0.2) is 14.6 Å². The normalized spacial score (nSPS) is 11.3. The third kappa shape index (κ3) is 5.69. The molecule has 0 aliphatic carbocycles. The highest BCUT2D eigenvalue weighted by atomic mass is 32.2. The van der Waals surface area contributed by atoms with Crippen LogP contribution in [0.2, 0.25) is 0 Å². The highest BCUT2D eigenvalue weighted by Gasteiger charge is 2.31. The molecule has 12 heteroatoms. The van der Waals surface area contributed by atoms with E-state index >= 15 is 0 Å². The lowest BCUT2D eigenvalue weighted by molar-refractivity contribution is -0.274. The lowest BCUT2D eigenvalue weighted by Gasteiger charge is -2.11. The van der Waals surface area contributed by atoms with Crippen molar-refractivity contribution >= 4 is 17.7 Å². The second-order valence-electron chi connectivity index (χ2n) is 5.91. The van der Waals surface area contributed by atoms with E-state index in [1.54, 1.807) is 18.5 Å². The van der Waals surface area contributed by atoms with Crippen molar-refractivity contribution < 1.29 is 22.7 Å². The van der Waals surface area contributed by atoms with E-state index in [1.165, 1.54) is 40.7 Å². The molecule has 2 heterocycles. The van der Waals surface area contributed by atoms with Gasteiger partial charge in [0.05, 0.1) is 11.4 Å². The van der Waals surface area contributed by atoms with Crippen LogP contribution in [-0.2, 0) is 5.75 Å². The summed E-state index contributed by atoms with van der Waals surface area (Å²) in [6.07, 6.45) is -0.836. The van der Waals surface area contributed by atoms with Crippen molar-refractivity contribution in [2.45, 2.75) is 30.6 Å². The second-order valence-corrected chi connectivity index (χ2v) is 6.86. The number of alkyl halides is 3. The molecule has 0 unspecified atom stereocenters. The first-order valence-corrected chi connectivity index (χ1v) is 9.84. The molecule has 0 atom stereocenters. The molecule has 0 radical (unpaired) electrons. The summed E-state index contributed by atoms with van der Waals surface area (Å²) in [6.45, 7) is 2.40. The number of nitrogens with one attached hydrogen (secondary N) is 1. The number of halogens is 3. The van der Waals surface area contributed by atoms with Gasteiger partial charge in [0.15, 0.2) is 10.9 Å². The van der Waals surface area contributed by atoms with Crippen molar-refractivity contribution in [3.8, 4) is 11.4 Å². The molecule has 0 bridgehead atoms. The number of hydrogen-bond donors (Lipinski definition) is 1. The number of amides is 1. The minimum atomic E-state index is -4.78. The molecule has 0 saturated heterocycles. The van der Waals surface area contributed by atoms with E-state index in [0.29, 0.717) is 23.1 Å². The highest BCUT2D eigenvalue weighted by Crippen LogP contribution is 2.26. The van der Waals surface area contributed by atoms with Crippen LogP contribution in [0.1, 0.15) is 29.5 Å². The third-order valence-corrected chi connectivity index (χ3v) is 4.60. The Labute approximate surface area is 173 Å². The predicted molar refractivity (Wildman–Crippen MR) is 102 cm³/mol. The molecule has 2 aromatic heterocycles. The van der Waals surface area contributed by atoms with Crippen molar-refractivity contribution in [2.24, 2.45) is 0 Å². The number of carbonyl (C=O) groups excluding carboxylic acids is 1. The average Bonchev–Trinajstić information content (AvgIpc) is 3.14.